The molecular formula is C15H16ClN3O4S. The van der Waals surface area contributed by atoms with E-state index in [1.54, 1.807) is 31.2 Å². The van der Waals surface area contributed by atoms with Gasteiger partial charge in [0.25, 0.3) is 0 Å². The third-order valence-corrected chi connectivity index (χ3v) is 5.83. The lowest BCUT2D eigenvalue weighted by Gasteiger charge is -2.18. The molecule has 3 rings (SSSR count). The Morgan fingerprint density at radius 1 is 1.42 bits per heavy atom. The van der Waals surface area contributed by atoms with Crippen molar-refractivity contribution in [2.75, 3.05) is 21.9 Å². The van der Waals surface area contributed by atoms with Gasteiger partial charge < -0.3 is 9.84 Å². The third kappa shape index (κ3) is 3.54. The Labute approximate surface area is 144 Å². The number of carbonyl (C=O) groups is 1. The van der Waals surface area contributed by atoms with Crippen molar-refractivity contribution in [2.45, 2.75) is 19.8 Å². The molecule has 2 heterocycles. The predicted molar refractivity (Wildman–Crippen MR) is 90.8 cm³/mol. The molecular weight excluding hydrogens is 354 g/mol. The molecule has 1 aromatic carbocycles. The highest BCUT2D eigenvalue weighted by atomic mass is 35.5. The van der Waals surface area contributed by atoms with Gasteiger partial charge in [-0.15, -0.1) is 0 Å². The summed E-state index contributed by atoms with van der Waals surface area (Å²) < 4.78 is 30.3. The topological polar surface area (TPSA) is 92.5 Å². The van der Waals surface area contributed by atoms with Crippen molar-refractivity contribution in [1.82, 2.24) is 5.16 Å². The number of hydrogen-bond donors (Lipinski definition) is 1. The first-order valence-electron chi connectivity index (χ1n) is 7.37. The van der Waals surface area contributed by atoms with Crippen molar-refractivity contribution < 1.29 is 17.7 Å². The summed E-state index contributed by atoms with van der Waals surface area (Å²) in [4.78, 5) is 12.1. The molecule has 0 radical (unpaired) electrons. The van der Waals surface area contributed by atoms with E-state index < -0.39 is 10.0 Å². The molecule has 1 amide bonds. The second-order valence-electron chi connectivity index (χ2n) is 5.56. The van der Waals surface area contributed by atoms with Crippen molar-refractivity contribution >= 4 is 38.9 Å². The van der Waals surface area contributed by atoms with Crippen LogP contribution in [0.1, 0.15) is 17.9 Å². The van der Waals surface area contributed by atoms with Crippen LogP contribution >= 0.6 is 11.6 Å². The fourth-order valence-corrected chi connectivity index (χ4v) is 4.28. The maximum Gasteiger partial charge on any atom is 0.235 e. The molecule has 2 aromatic rings. The highest BCUT2D eigenvalue weighted by Crippen LogP contribution is 2.31. The zero-order valence-electron chi connectivity index (χ0n) is 13.0. The molecule has 0 bridgehead atoms. The van der Waals surface area contributed by atoms with Gasteiger partial charge in [-0.25, -0.2) is 8.42 Å². The van der Waals surface area contributed by atoms with E-state index >= 15 is 0 Å². The number of nitrogens with one attached hydrogen (secondary N) is 1. The fraction of sp³-hybridized carbons (Fsp3) is 0.333. The number of benzene rings is 1. The summed E-state index contributed by atoms with van der Waals surface area (Å²) in [5.41, 5.74) is 1.37. The Morgan fingerprint density at radius 2 is 2.21 bits per heavy atom. The van der Waals surface area contributed by atoms with Crippen molar-refractivity contribution in [1.29, 1.82) is 0 Å². The standard InChI is InChI=1S/C15H16ClN3O4S/c1-10-7-11(18-23-10)8-15(20)17-14-9-12(3-4-13(14)16)19-5-2-6-24(19,21)22/h3-4,7,9H,2,5-6,8H2,1H3,(H,17,20). The summed E-state index contributed by atoms with van der Waals surface area (Å²) in [5, 5.41) is 6.78. The van der Waals surface area contributed by atoms with E-state index in [-0.39, 0.29) is 18.1 Å². The van der Waals surface area contributed by atoms with Crippen LogP contribution in [0.15, 0.2) is 28.8 Å². The van der Waals surface area contributed by atoms with Gasteiger partial charge in [0.15, 0.2) is 0 Å². The van der Waals surface area contributed by atoms with Gasteiger partial charge in [-0.3, -0.25) is 9.10 Å². The number of halogens is 1. The lowest BCUT2D eigenvalue weighted by Crippen LogP contribution is -2.25. The number of rotatable bonds is 4. The molecule has 1 fully saturated rings. The minimum atomic E-state index is -3.29. The van der Waals surface area contributed by atoms with Gasteiger partial charge in [-0.1, -0.05) is 16.8 Å². The monoisotopic (exact) mass is 369 g/mol. The van der Waals surface area contributed by atoms with Crippen LogP contribution in [0, 0.1) is 6.92 Å². The van der Waals surface area contributed by atoms with Crippen molar-refractivity contribution in [2.24, 2.45) is 0 Å². The molecule has 0 aliphatic carbocycles. The Morgan fingerprint density at radius 3 is 2.83 bits per heavy atom. The predicted octanol–water partition coefficient (Wildman–Crippen LogP) is 2.36. The number of aryl methyl sites for hydroxylation is 1. The van der Waals surface area contributed by atoms with Crippen molar-refractivity contribution in [3.8, 4) is 0 Å². The molecule has 9 heteroatoms. The molecule has 1 aliphatic heterocycles. The highest BCUT2D eigenvalue weighted by Gasteiger charge is 2.28. The summed E-state index contributed by atoms with van der Waals surface area (Å²) in [6.07, 6.45) is 0.623. The first kappa shape index (κ1) is 16.8. The molecule has 0 spiro atoms. The number of nitrogens with zero attached hydrogens (tertiary/aromatic N) is 2. The number of sulfonamides is 1. The zero-order chi connectivity index (χ0) is 17.3. The van der Waals surface area contributed by atoms with E-state index in [2.05, 4.69) is 10.5 Å². The van der Waals surface area contributed by atoms with Crippen molar-refractivity contribution in [3.63, 3.8) is 0 Å². The number of aromatic nitrogens is 1. The Hall–Kier alpha value is -2.06. The molecule has 1 aromatic heterocycles. The summed E-state index contributed by atoms with van der Waals surface area (Å²) in [6.45, 7) is 2.17. The number of anilines is 2. The van der Waals surface area contributed by atoms with Crippen LogP contribution in [0.2, 0.25) is 5.02 Å². The lowest BCUT2D eigenvalue weighted by molar-refractivity contribution is -0.115. The third-order valence-electron chi connectivity index (χ3n) is 3.63. The Balaban J connectivity index is 1.78. The van der Waals surface area contributed by atoms with Crippen LogP contribution in [0.5, 0.6) is 0 Å². The number of carbonyl (C=O) groups excluding carboxylic acids is 1. The van der Waals surface area contributed by atoms with Gasteiger partial charge >= 0.3 is 0 Å². The Bertz CT molecular complexity index is 879. The van der Waals surface area contributed by atoms with E-state index in [0.717, 1.165) is 0 Å². The van der Waals surface area contributed by atoms with E-state index in [1.165, 1.54) is 4.31 Å². The second kappa shape index (κ2) is 6.45. The van der Waals surface area contributed by atoms with Crippen LogP contribution in [-0.2, 0) is 21.2 Å². The van der Waals surface area contributed by atoms with Crippen LogP contribution in [0.4, 0.5) is 11.4 Å². The summed E-state index contributed by atoms with van der Waals surface area (Å²) in [7, 11) is -3.29. The van der Waals surface area contributed by atoms with Gasteiger partial charge in [0.2, 0.25) is 15.9 Å². The zero-order valence-corrected chi connectivity index (χ0v) is 14.5. The first-order valence-corrected chi connectivity index (χ1v) is 9.36. The van der Waals surface area contributed by atoms with E-state index in [9.17, 15) is 13.2 Å². The maximum atomic E-state index is 12.1. The molecule has 128 valence electrons. The van der Waals surface area contributed by atoms with Crippen LogP contribution in [0.25, 0.3) is 0 Å². The van der Waals surface area contributed by atoms with E-state index in [1.807, 2.05) is 0 Å². The van der Waals surface area contributed by atoms with Gasteiger partial charge in [-0.2, -0.15) is 0 Å². The first-order chi connectivity index (χ1) is 11.3. The summed E-state index contributed by atoms with van der Waals surface area (Å²) in [5.74, 6) is 0.437. The number of hydrogen-bond acceptors (Lipinski definition) is 5. The van der Waals surface area contributed by atoms with Gasteiger partial charge in [0.1, 0.15) is 5.76 Å². The van der Waals surface area contributed by atoms with Crippen LogP contribution < -0.4 is 9.62 Å². The molecule has 24 heavy (non-hydrogen) atoms. The molecule has 1 saturated heterocycles. The SMILES string of the molecule is Cc1cc(CC(=O)Nc2cc(N3CCCS3(=O)=O)ccc2Cl)no1. The van der Waals surface area contributed by atoms with Crippen LogP contribution in [-0.4, -0.2) is 31.8 Å². The normalized spacial score (nSPS) is 16.3. The van der Waals surface area contributed by atoms with Gasteiger partial charge in [-0.05, 0) is 31.5 Å². The van der Waals surface area contributed by atoms with Gasteiger partial charge in [0, 0.05) is 12.6 Å². The smallest absolute Gasteiger partial charge is 0.235 e. The van der Waals surface area contributed by atoms with Crippen LogP contribution in [0.3, 0.4) is 0 Å². The average Bonchev–Trinajstić information content (AvgIpc) is 3.06. The number of amides is 1. The van der Waals surface area contributed by atoms with E-state index in [4.69, 9.17) is 16.1 Å². The average molecular weight is 370 g/mol. The molecule has 0 saturated carbocycles. The van der Waals surface area contributed by atoms with E-state index in [0.29, 0.717) is 40.8 Å². The quantitative estimate of drug-likeness (QED) is 0.893. The molecule has 7 nitrogen and oxygen atoms in total. The fourth-order valence-electron chi connectivity index (χ4n) is 2.55. The second-order valence-corrected chi connectivity index (χ2v) is 7.98. The highest BCUT2D eigenvalue weighted by molar-refractivity contribution is 7.93. The minimum Gasteiger partial charge on any atom is -0.361 e. The lowest BCUT2D eigenvalue weighted by atomic mass is 10.2. The summed E-state index contributed by atoms with van der Waals surface area (Å²) in [6, 6.07) is 6.44. The maximum absolute atomic E-state index is 12.1. The molecule has 1 N–H and O–H groups in total. The minimum absolute atomic E-state index is 0.0416. The molecule has 1 aliphatic rings. The summed E-state index contributed by atoms with van der Waals surface area (Å²) >= 11 is 6.11. The largest absolute Gasteiger partial charge is 0.361 e. The Kier molecular flexibility index (Phi) is 4.51. The van der Waals surface area contributed by atoms with Gasteiger partial charge in [0.05, 0.1) is 34.3 Å². The molecule has 0 atom stereocenters. The van der Waals surface area contributed by atoms with Crippen molar-refractivity contribution in [3.05, 3.63) is 40.7 Å². The molecule has 0 unspecified atom stereocenters.